The smallest absolute Gasteiger partial charge is 0.283 e. The van der Waals surface area contributed by atoms with Crippen LogP contribution in [0.4, 0.5) is 5.69 Å². The molecule has 0 heterocycles. The van der Waals surface area contributed by atoms with Crippen molar-refractivity contribution in [1.29, 1.82) is 0 Å². The molecule has 21 heavy (non-hydrogen) atoms. The fraction of sp³-hybridized carbons (Fsp3) is 0.500. The zero-order chi connectivity index (χ0) is 15.5. The van der Waals surface area contributed by atoms with Crippen LogP contribution in [0.2, 0.25) is 5.02 Å². The normalized spacial score (nSPS) is 16.7. The minimum Gasteiger partial charge on any atom is -0.396 e. The summed E-state index contributed by atoms with van der Waals surface area (Å²) in [5.74, 6) is -0.577. The molecule has 1 aliphatic carbocycles. The second-order valence-electron chi connectivity index (χ2n) is 5.44. The molecule has 0 aliphatic heterocycles. The van der Waals surface area contributed by atoms with Crippen LogP contribution in [0.5, 0.6) is 0 Å². The summed E-state index contributed by atoms with van der Waals surface area (Å²) in [7, 11) is 0. The van der Waals surface area contributed by atoms with Gasteiger partial charge in [0, 0.05) is 18.0 Å². The third-order valence-electron chi connectivity index (χ3n) is 4.04. The number of aliphatic hydroxyl groups excluding tert-OH is 1. The highest BCUT2D eigenvalue weighted by atomic mass is 35.5. The number of benzene rings is 1. The molecule has 0 atom stereocenters. The van der Waals surface area contributed by atoms with Gasteiger partial charge in [-0.15, -0.1) is 0 Å². The van der Waals surface area contributed by atoms with Crippen LogP contribution in [0.3, 0.4) is 0 Å². The zero-order valence-electron chi connectivity index (χ0n) is 11.5. The Morgan fingerprint density at radius 2 is 2.10 bits per heavy atom. The lowest BCUT2D eigenvalue weighted by Crippen LogP contribution is -2.38. The molecule has 1 saturated carbocycles. The van der Waals surface area contributed by atoms with Gasteiger partial charge in [-0.2, -0.15) is 0 Å². The van der Waals surface area contributed by atoms with Crippen molar-refractivity contribution in [3.63, 3.8) is 0 Å². The molecule has 0 saturated heterocycles. The Labute approximate surface area is 127 Å². The Morgan fingerprint density at radius 1 is 1.43 bits per heavy atom. The van der Waals surface area contributed by atoms with E-state index in [1.54, 1.807) is 0 Å². The lowest BCUT2D eigenvalue weighted by molar-refractivity contribution is -0.385. The van der Waals surface area contributed by atoms with E-state index < -0.39 is 10.8 Å². The predicted molar refractivity (Wildman–Crippen MR) is 78.4 cm³/mol. The van der Waals surface area contributed by atoms with Crippen LogP contribution in [-0.2, 0) is 0 Å². The Kier molecular flexibility index (Phi) is 4.80. The van der Waals surface area contributed by atoms with E-state index in [1.807, 2.05) is 0 Å². The number of carbonyl (C=O) groups is 1. The first kappa shape index (κ1) is 15.7. The van der Waals surface area contributed by atoms with Gasteiger partial charge in [-0.25, -0.2) is 0 Å². The maximum absolute atomic E-state index is 12.2. The van der Waals surface area contributed by atoms with E-state index in [0.717, 1.165) is 25.7 Å². The summed E-state index contributed by atoms with van der Waals surface area (Å²) >= 11 is 5.92. The minimum absolute atomic E-state index is 0.00209. The molecule has 0 radical (unpaired) electrons. The van der Waals surface area contributed by atoms with Crippen molar-refractivity contribution in [3.8, 4) is 0 Å². The van der Waals surface area contributed by atoms with Crippen molar-refractivity contribution in [1.82, 2.24) is 5.32 Å². The van der Waals surface area contributed by atoms with Crippen molar-refractivity contribution in [3.05, 3.63) is 38.9 Å². The van der Waals surface area contributed by atoms with Gasteiger partial charge in [0.25, 0.3) is 11.6 Å². The first-order valence-electron chi connectivity index (χ1n) is 6.81. The standard InChI is InChI=1S/C14H17ClN2O4/c15-10-4-3-5-11(17(20)21)12(10)13(19)16-8-14(9-18)6-1-2-7-14/h3-5,18H,1-2,6-9H2,(H,16,19). The molecular formula is C14H17ClN2O4. The van der Waals surface area contributed by atoms with E-state index in [0.29, 0.717) is 6.54 Å². The molecule has 1 fully saturated rings. The number of halogens is 1. The quantitative estimate of drug-likeness (QED) is 0.645. The van der Waals surface area contributed by atoms with Crippen LogP contribution in [0, 0.1) is 15.5 Å². The summed E-state index contributed by atoms with van der Waals surface area (Å²) in [6.07, 6.45) is 3.72. The fourth-order valence-corrected chi connectivity index (χ4v) is 3.02. The van der Waals surface area contributed by atoms with Gasteiger partial charge in [0.1, 0.15) is 5.56 Å². The molecule has 7 heteroatoms. The summed E-state index contributed by atoms with van der Waals surface area (Å²) < 4.78 is 0. The van der Waals surface area contributed by atoms with Crippen LogP contribution in [-0.4, -0.2) is 29.1 Å². The lowest BCUT2D eigenvalue weighted by atomic mass is 9.87. The van der Waals surface area contributed by atoms with E-state index in [9.17, 15) is 20.0 Å². The topological polar surface area (TPSA) is 92.5 Å². The average Bonchev–Trinajstić information content (AvgIpc) is 2.94. The van der Waals surface area contributed by atoms with Gasteiger partial charge in [0.2, 0.25) is 0 Å². The van der Waals surface area contributed by atoms with Crippen molar-refractivity contribution < 1.29 is 14.8 Å². The number of nitrogens with one attached hydrogen (secondary N) is 1. The largest absolute Gasteiger partial charge is 0.396 e. The molecule has 2 N–H and O–H groups in total. The molecule has 1 aromatic rings. The maximum atomic E-state index is 12.2. The van der Waals surface area contributed by atoms with E-state index in [1.165, 1.54) is 18.2 Å². The number of rotatable bonds is 5. The number of amides is 1. The first-order valence-corrected chi connectivity index (χ1v) is 7.19. The van der Waals surface area contributed by atoms with Gasteiger partial charge >= 0.3 is 0 Å². The highest BCUT2D eigenvalue weighted by molar-refractivity contribution is 6.34. The summed E-state index contributed by atoms with van der Waals surface area (Å²) in [6.45, 7) is 0.294. The Bertz CT molecular complexity index is 556. The van der Waals surface area contributed by atoms with Gasteiger partial charge in [0.15, 0.2) is 0 Å². The fourth-order valence-electron chi connectivity index (χ4n) is 2.76. The molecule has 0 spiro atoms. The van der Waals surface area contributed by atoms with Crippen LogP contribution >= 0.6 is 11.6 Å². The number of aliphatic hydroxyl groups is 1. The van der Waals surface area contributed by atoms with Gasteiger partial charge in [-0.05, 0) is 18.9 Å². The van der Waals surface area contributed by atoms with Crippen LogP contribution in [0.25, 0.3) is 0 Å². The first-order chi connectivity index (χ1) is 9.99. The summed E-state index contributed by atoms with van der Waals surface area (Å²) in [5.41, 5.74) is -0.758. The number of hydrogen-bond donors (Lipinski definition) is 2. The van der Waals surface area contributed by atoms with E-state index in [2.05, 4.69) is 5.32 Å². The number of nitro groups is 1. The molecule has 1 aromatic carbocycles. The highest BCUT2D eigenvalue weighted by Gasteiger charge is 2.34. The number of carbonyl (C=O) groups excluding carboxylic acids is 1. The number of nitrogens with zero attached hydrogens (tertiary/aromatic N) is 1. The molecule has 1 aliphatic rings. The van der Waals surface area contributed by atoms with Crippen molar-refractivity contribution >= 4 is 23.2 Å². The second-order valence-corrected chi connectivity index (χ2v) is 5.85. The maximum Gasteiger partial charge on any atom is 0.283 e. The molecule has 0 unspecified atom stereocenters. The monoisotopic (exact) mass is 312 g/mol. The molecule has 0 aromatic heterocycles. The van der Waals surface area contributed by atoms with Gasteiger partial charge in [-0.3, -0.25) is 14.9 Å². The second kappa shape index (κ2) is 6.41. The minimum atomic E-state index is -0.627. The van der Waals surface area contributed by atoms with E-state index >= 15 is 0 Å². The zero-order valence-corrected chi connectivity index (χ0v) is 12.2. The van der Waals surface area contributed by atoms with Crippen molar-refractivity contribution in [2.45, 2.75) is 25.7 Å². The molecular weight excluding hydrogens is 296 g/mol. The number of nitro benzene ring substituents is 1. The third-order valence-corrected chi connectivity index (χ3v) is 4.35. The summed E-state index contributed by atoms with van der Waals surface area (Å²) in [6, 6.07) is 4.13. The SMILES string of the molecule is O=C(NCC1(CO)CCCC1)c1c(Cl)cccc1[N+](=O)[O-]. The molecule has 0 bridgehead atoms. The lowest BCUT2D eigenvalue weighted by Gasteiger charge is -2.26. The van der Waals surface area contributed by atoms with E-state index in [-0.39, 0.29) is 28.3 Å². The Morgan fingerprint density at radius 3 is 2.67 bits per heavy atom. The number of hydrogen-bond acceptors (Lipinski definition) is 4. The van der Waals surface area contributed by atoms with Crippen LogP contribution < -0.4 is 5.32 Å². The Hall–Kier alpha value is -1.66. The van der Waals surface area contributed by atoms with Gasteiger partial charge in [0.05, 0.1) is 16.6 Å². The highest BCUT2D eigenvalue weighted by Crippen LogP contribution is 2.37. The van der Waals surface area contributed by atoms with Crippen molar-refractivity contribution in [2.75, 3.05) is 13.2 Å². The Balaban J connectivity index is 2.16. The molecule has 114 valence electrons. The molecule has 1 amide bonds. The molecule has 2 rings (SSSR count). The van der Waals surface area contributed by atoms with Gasteiger partial charge in [-0.1, -0.05) is 30.5 Å². The van der Waals surface area contributed by atoms with E-state index in [4.69, 9.17) is 11.6 Å². The summed E-state index contributed by atoms with van der Waals surface area (Å²) in [5, 5.41) is 23.2. The third kappa shape index (κ3) is 3.33. The van der Waals surface area contributed by atoms with Gasteiger partial charge < -0.3 is 10.4 Å². The summed E-state index contributed by atoms with van der Waals surface area (Å²) in [4.78, 5) is 22.6. The average molecular weight is 313 g/mol. The van der Waals surface area contributed by atoms with Crippen LogP contribution in [0.15, 0.2) is 18.2 Å². The van der Waals surface area contributed by atoms with Crippen molar-refractivity contribution in [2.24, 2.45) is 5.41 Å². The predicted octanol–water partition coefficient (Wildman–Crippen LogP) is 2.53. The molecule has 6 nitrogen and oxygen atoms in total. The van der Waals surface area contributed by atoms with Crippen LogP contribution in [0.1, 0.15) is 36.0 Å².